The Morgan fingerprint density at radius 2 is 1.95 bits per heavy atom. The molecule has 0 radical (unpaired) electrons. The highest BCUT2D eigenvalue weighted by molar-refractivity contribution is 5.96. The van der Waals surface area contributed by atoms with Crippen molar-refractivity contribution in [3.05, 3.63) is 34.9 Å². The van der Waals surface area contributed by atoms with Crippen LogP contribution < -0.4 is 0 Å². The van der Waals surface area contributed by atoms with Crippen LogP contribution >= 0.6 is 0 Å². The van der Waals surface area contributed by atoms with E-state index in [9.17, 15) is 9.90 Å². The zero-order valence-corrected chi connectivity index (χ0v) is 12.7. The molecule has 2 atom stereocenters. The van der Waals surface area contributed by atoms with Gasteiger partial charge in [-0.25, -0.2) is 0 Å². The Labute approximate surface area is 121 Å². The Morgan fingerprint density at radius 3 is 2.55 bits per heavy atom. The SMILES string of the molecule is Cc1cc(C)cc(C(=O)CCN2CCC(O)C(C)C2)c1. The topological polar surface area (TPSA) is 40.5 Å². The second kappa shape index (κ2) is 6.51. The average Bonchev–Trinajstić information content (AvgIpc) is 2.38. The molecule has 2 unspecified atom stereocenters. The fourth-order valence-corrected chi connectivity index (χ4v) is 2.96. The number of likely N-dealkylation sites (tertiary alicyclic amines) is 1. The first-order chi connectivity index (χ1) is 9.45. The predicted molar refractivity (Wildman–Crippen MR) is 81.1 cm³/mol. The van der Waals surface area contributed by atoms with Gasteiger partial charge in [0.25, 0.3) is 0 Å². The summed E-state index contributed by atoms with van der Waals surface area (Å²) in [6.45, 7) is 8.70. The largest absolute Gasteiger partial charge is 0.393 e. The Balaban J connectivity index is 1.89. The monoisotopic (exact) mass is 275 g/mol. The zero-order valence-electron chi connectivity index (χ0n) is 12.7. The summed E-state index contributed by atoms with van der Waals surface area (Å²) < 4.78 is 0. The van der Waals surface area contributed by atoms with Gasteiger partial charge in [-0.2, -0.15) is 0 Å². The maximum atomic E-state index is 12.3. The minimum Gasteiger partial charge on any atom is -0.393 e. The quantitative estimate of drug-likeness (QED) is 0.859. The van der Waals surface area contributed by atoms with Crippen LogP contribution in [0.25, 0.3) is 0 Å². The smallest absolute Gasteiger partial charge is 0.164 e. The lowest BCUT2D eigenvalue weighted by atomic mass is 9.96. The summed E-state index contributed by atoms with van der Waals surface area (Å²) >= 11 is 0. The van der Waals surface area contributed by atoms with Crippen molar-refractivity contribution in [2.75, 3.05) is 19.6 Å². The number of nitrogens with zero attached hydrogens (tertiary/aromatic N) is 1. The second-order valence-corrected chi connectivity index (χ2v) is 6.18. The fraction of sp³-hybridized carbons (Fsp3) is 0.588. The van der Waals surface area contributed by atoms with Crippen LogP contribution in [0.2, 0.25) is 0 Å². The minimum absolute atomic E-state index is 0.179. The van der Waals surface area contributed by atoms with E-state index in [0.29, 0.717) is 12.3 Å². The maximum absolute atomic E-state index is 12.3. The van der Waals surface area contributed by atoms with E-state index in [0.717, 1.165) is 42.7 Å². The van der Waals surface area contributed by atoms with Crippen molar-refractivity contribution in [3.8, 4) is 0 Å². The Morgan fingerprint density at radius 1 is 1.30 bits per heavy atom. The zero-order chi connectivity index (χ0) is 14.7. The van der Waals surface area contributed by atoms with Crippen molar-refractivity contribution >= 4 is 5.78 Å². The van der Waals surface area contributed by atoms with E-state index in [1.807, 2.05) is 26.0 Å². The van der Waals surface area contributed by atoms with Crippen LogP contribution in [-0.2, 0) is 0 Å². The molecule has 0 amide bonds. The van der Waals surface area contributed by atoms with Crippen LogP contribution in [0.5, 0.6) is 0 Å². The molecule has 0 saturated carbocycles. The molecule has 1 heterocycles. The summed E-state index contributed by atoms with van der Waals surface area (Å²) in [7, 11) is 0. The number of piperidine rings is 1. The molecule has 1 fully saturated rings. The van der Waals surface area contributed by atoms with Crippen LogP contribution in [0.15, 0.2) is 18.2 Å². The first-order valence-electron chi connectivity index (χ1n) is 7.47. The summed E-state index contributed by atoms with van der Waals surface area (Å²) in [5, 5.41) is 9.72. The first kappa shape index (κ1) is 15.2. The van der Waals surface area contributed by atoms with Crippen molar-refractivity contribution in [2.24, 2.45) is 5.92 Å². The van der Waals surface area contributed by atoms with Crippen molar-refractivity contribution in [1.29, 1.82) is 0 Å². The molecule has 1 N–H and O–H groups in total. The van der Waals surface area contributed by atoms with Gasteiger partial charge in [0.1, 0.15) is 0 Å². The number of carbonyl (C=O) groups excluding carboxylic acids is 1. The van der Waals surface area contributed by atoms with Gasteiger partial charge < -0.3 is 10.0 Å². The molecule has 0 bridgehead atoms. The van der Waals surface area contributed by atoms with Gasteiger partial charge in [0.2, 0.25) is 0 Å². The summed E-state index contributed by atoms with van der Waals surface area (Å²) in [4.78, 5) is 14.6. The predicted octanol–water partition coefficient (Wildman–Crippen LogP) is 2.58. The summed E-state index contributed by atoms with van der Waals surface area (Å²) in [5.74, 6) is 0.524. The number of rotatable bonds is 4. The summed E-state index contributed by atoms with van der Waals surface area (Å²) in [6, 6.07) is 6.03. The number of aliphatic hydroxyl groups excluding tert-OH is 1. The van der Waals surface area contributed by atoms with Crippen molar-refractivity contribution in [2.45, 2.75) is 39.7 Å². The fourth-order valence-electron chi connectivity index (χ4n) is 2.96. The Kier molecular flexibility index (Phi) is 4.95. The third-order valence-corrected chi connectivity index (χ3v) is 4.14. The molecule has 1 saturated heterocycles. The summed E-state index contributed by atoms with van der Waals surface area (Å²) in [5.41, 5.74) is 3.11. The molecule has 0 aromatic heterocycles. The van der Waals surface area contributed by atoms with E-state index in [4.69, 9.17) is 0 Å². The molecule has 1 aliphatic rings. The van der Waals surface area contributed by atoms with Crippen molar-refractivity contribution in [3.63, 3.8) is 0 Å². The molecule has 20 heavy (non-hydrogen) atoms. The van der Waals surface area contributed by atoms with E-state index in [1.165, 1.54) is 0 Å². The van der Waals surface area contributed by atoms with Gasteiger partial charge in [-0.3, -0.25) is 4.79 Å². The second-order valence-electron chi connectivity index (χ2n) is 6.18. The number of aryl methyl sites for hydroxylation is 2. The molecular formula is C17H25NO2. The minimum atomic E-state index is -0.179. The van der Waals surface area contributed by atoms with Gasteiger partial charge in [-0.1, -0.05) is 24.1 Å². The van der Waals surface area contributed by atoms with E-state index >= 15 is 0 Å². The number of carbonyl (C=O) groups is 1. The first-order valence-corrected chi connectivity index (χ1v) is 7.47. The number of hydrogen-bond donors (Lipinski definition) is 1. The molecule has 3 nitrogen and oxygen atoms in total. The van der Waals surface area contributed by atoms with Crippen LogP contribution in [0.4, 0.5) is 0 Å². The maximum Gasteiger partial charge on any atom is 0.164 e. The van der Waals surface area contributed by atoms with Gasteiger partial charge in [0.05, 0.1) is 6.10 Å². The van der Waals surface area contributed by atoms with Gasteiger partial charge in [0.15, 0.2) is 5.78 Å². The molecule has 0 spiro atoms. The number of hydrogen-bond acceptors (Lipinski definition) is 3. The molecule has 1 aromatic rings. The van der Waals surface area contributed by atoms with E-state index in [-0.39, 0.29) is 11.9 Å². The van der Waals surface area contributed by atoms with E-state index in [2.05, 4.69) is 17.9 Å². The highest BCUT2D eigenvalue weighted by Gasteiger charge is 2.24. The normalized spacial score (nSPS) is 23.8. The molecular weight excluding hydrogens is 250 g/mol. The lowest BCUT2D eigenvalue weighted by Crippen LogP contribution is -2.42. The van der Waals surface area contributed by atoms with Crippen molar-refractivity contribution in [1.82, 2.24) is 4.90 Å². The lowest BCUT2D eigenvalue weighted by Gasteiger charge is -2.34. The van der Waals surface area contributed by atoms with E-state index in [1.54, 1.807) is 0 Å². The molecule has 110 valence electrons. The highest BCUT2D eigenvalue weighted by atomic mass is 16.3. The number of ketones is 1. The van der Waals surface area contributed by atoms with Crippen LogP contribution in [0, 0.1) is 19.8 Å². The van der Waals surface area contributed by atoms with Crippen LogP contribution in [0.1, 0.15) is 41.3 Å². The lowest BCUT2D eigenvalue weighted by molar-refractivity contribution is 0.0346. The number of Topliss-reactive ketones (excluding diaryl/α,β-unsaturated/α-hetero) is 1. The van der Waals surface area contributed by atoms with Crippen LogP contribution in [0.3, 0.4) is 0 Å². The Hall–Kier alpha value is -1.19. The molecule has 0 aliphatic carbocycles. The average molecular weight is 275 g/mol. The third kappa shape index (κ3) is 3.90. The van der Waals surface area contributed by atoms with Gasteiger partial charge in [0, 0.05) is 31.6 Å². The highest BCUT2D eigenvalue weighted by Crippen LogP contribution is 2.17. The van der Waals surface area contributed by atoms with Gasteiger partial charge in [-0.15, -0.1) is 0 Å². The van der Waals surface area contributed by atoms with E-state index < -0.39 is 0 Å². The molecule has 3 heteroatoms. The van der Waals surface area contributed by atoms with Gasteiger partial charge >= 0.3 is 0 Å². The standard InChI is InChI=1S/C17H25NO2/c1-12-8-13(2)10-15(9-12)17(20)5-7-18-6-4-16(19)14(3)11-18/h8-10,14,16,19H,4-7,11H2,1-3H3. The molecule has 1 aromatic carbocycles. The summed E-state index contributed by atoms with van der Waals surface area (Å²) in [6.07, 6.45) is 1.20. The Bertz CT molecular complexity index is 464. The number of aliphatic hydroxyl groups is 1. The van der Waals surface area contributed by atoms with Crippen LogP contribution in [-0.4, -0.2) is 41.5 Å². The van der Waals surface area contributed by atoms with Crippen molar-refractivity contribution < 1.29 is 9.90 Å². The molecule has 1 aliphatic heterocycles. The van der Waals surface area contributed by atoms with Gasteiger partial charge in [-0.05, 0) is 38.3 Å². The number of benzene rings is 1. The third-order valence-electron chi connectivity index (χ3n) is 4.14. The molecule has 2 rings (SSSR count).